The van der Waals surface area contributed by atoms with Crippen molar-refractivity contribution in [3.8, 4) is 5.75 Å². The van der Waals surface area contributed by atoms with Crippen molar-refractivity contribution in [2.24, 2.45) is 5.84 Å². The number of nitrogens with one attached hydrogen (secondary N) is 2. The van der Waals surface area contributed by atoms with Gasteiger partial charge in [0.05, 0.1) is 5.56 Å². The van der Waals surface area contributed by atoms with Crippen LogP contribution in [0, 0.1) is 6.92 Å². The van der Waals surface area contributed by atoms with Crippen LogP contribution in [0.4, 0.5) is 0 Å². The fourth-order valence-electron chi connectivity index (χ4n) is 2.32. The number of nitrogens with two attached hydrogens (primary N) is 1. The van der Waals surface area contributed by atoms with E-state index in [2.05, 4.69) is 48.5 Å². The van der Waals surface area contributed by atoms with Crippen molar-refractivity contribution in [3.63, 3.8) is 0 Å². The maximum absolute atomic E-state index is 11.8. The van der Waals surface area contributed by atoms with Crippen LogP contribution >= 0.6 is 0 Å². The predicted molar refractivity (Wildman–Crippen MR) is 89.1 cm³/mol. The molecule has 1 aromatic heterocycles. The molecular formula is C17H24N4O2. The zero-order chi connectivity index (χ0) is 17.0. The van der Waals surface area contributed by atoms with Gasteiger partial charge in [-0.15, -0.1) is 0 Å². The molecule has 0 saturated heterocycles. The largest absolute Gasteiger partial charge is 0.487 e. The summed E-state index contributed by atoms with van der Waals surface area (Å²) >= 11 is 0. The van der Waals surface area contributed by atoms with E-state index in [-0.39, 0.29) is 17.9 Å². The van der Waals surface area contributed by atoms with E-state index in [1.807, 2.05) is 12.1 Å². The molecule has 1 aromatic carbocycles. The lowest BCUT2D eigenvalue weighted by atomic mass is 9.82. The van der Waals surface area contributed by atoms with Crippen molar-refractivity contribution in [1.82, 2.24) is 15.6 Å². The first-order chi connectivity index (χ1) is 10.9. The van der Waals surface area contributed by atoms with Gasteiger partial charge >= 0.3 is 0 Å². The highest BCUT2D eigenvalue weighted by Crippen LogP contribution is 2.28. The first kappa shape index (κ1) is 17.0. The summed E-state index contributed by atoms with van der Waals surface area (Å²) in [4.78, 5) is 11.8. The number of ether oxygens (including phenoxy) is 1. The van der Waals surface area contributed by atoms with Gasteiger partial charge in [0.25, 0.3) is 5.91 Å². The highest BCUT2D eigenvalue weighted by molar-refractivity contribution is 5.95. The molecule has 0 bridgehead atoms. The molecule has 124 valence electrons. The number of rotatable bonds is 6. The van der Waals surface area contributed by atoms with Crippen molar-refractivity contribution in [2.45, 2.75) is 46.1 Å². The minimum Gasteiger partial charge on any atom is -0.487 e. The third-order valence-corrected chi connectivity index (χ3v) is 4.28. The minimum absolute atomic E-state index is 0.143. The van der Waals surface area contributed by atoms with Crippen LogP contribution in [0.3, 0.4) is 0 Å². The molecule has 4 N–H and O–H groups in total. The molecule has 0 fully saturated rings. The minimum atomic E-state index is -0.380. The van der Waals surface area contributed by atoms with Crippen molar-refractivity contribution in [2.75, 3.05) is 0 Å². The quantitative estimate of drug-likeness (QED) is 0.434. The van der Waals surface area contributed by atoms with E-state index in [4.69, 9.17) is 10.6 Å². The normalized spacial score (nSPS) is 11.3. The first-order valence-corrected chi connectivity index (χ1v) is 7.67. The van der Waals surface area contributed by atoms with E-state index in [1.54, 1.807) is 6.92 Å². The van der Waals surface area contributed by atoms with E-state index in [1.165, 1.54) is 5.56 Å². The number of carbonyl (C=O) groups is 1. The molecule has 0 saturated carbocycles. The van der Waals surface area contributed by atoms with Crippen molar-refractivity contribution in [3.05, 3.63) is 46.8 Å². The second kappa shape index (κ2) is 6.83. The Hall–Kier alpha value is -2.34. The van der Waals surface area contributed by atoms with Gasteiger partial charge < -0.3 is 4.74 Å². The number of nitrogens with zero attached hydrogens (tertiary/aromatic N) is 1. The SMILES string of the molecule is CCC(C)(C)c1ccc(OCc2n[nH]c(C)c2C(=O)NN)cc1. The third kappa shape index (κ3) is 3.71. The molecule has 1 amide bonds. The Balaban J connectivity index is 2.09. The maximum Gasteiger partial charge on any atom is 0.269 e. The number of aromatic amines is 1. The van der Waals surface area contributed by atoms with Crippen LogP contribution in [0.2, 0.25) is 0 Å². The van der Waals surface area contributed by atoms with Gasteiger partial charge in [-0.1, -0.05) is 32.9 Å². The van der Waals surface area contributed by atoms with Gasteiger partial charge in [-0.05, 0) is 36.5 Å². The summed E-state index contributed by atoms with van der Waals surface area (Å²) in [5.41, 5.74) is 5.15. The van der Waals surface area contributed by atoms with Crippen molar-refractivity contribution in [1.29, 1.82) is 0 Å². The Morgan fingerprint density at radius 3 is 2.57 bits per heavy atom. The van der Waals surface area contributed by atoms with Gasteiger partial charge in [-0.25, -0.2) is 5.84 Å². The number of carbonyl (C=O) groups excluding carboxylic acids is 1. The summed E-state index contributed by atoms with van der Waals surface area (Å²) in [6, 6.07) is 8.02. The van der Waals surface area contributed by atoms with Crippen molar-refractivity contribution >= 4 is 5.91 Å². The lowest BCUT2D eigenvalue weighted by Gasteiger charge is -2.23. The summed E-state index contributed by atoms with van der Waals surface area (Å²) in [6.45, 7) is 8.57. The van der Waals surface area contributed by atoms with Gasteiger partial charge in [0.1, 0.15) is 18.1 Å². The van der Waals surface area contributed by atoms with E-state index < -0.39 is 0 Å². The standard InChI is InChI=1S/C17H24N4O2/c1-5-17(3,4)12-6-8-13(9-7-12)23-10-14-15(16(22)19-18)11(2)20-21-14/h6-9H,5,10,18H2,1-4H3,(H,19,22)(H,20,21). The Morgan fingerprint density at radius 2 is 2.00 bits per heavy atom. The molecule has 1 heterocycles. The monoisotopic (exact) mass is 316 g/mol. The molecule has 0 radical (unpaired) electrons. The van der Waals surface area contributed by atoms with Gasteiger partial charge in [0.2, 0.25) is 0 Å². The Bertz CT molecular complexity index is 674. The zero-order valence-electron chi connectivity index (χ0n) is 14.1. The van der Waals surface area contributed by atoms with Crippen LogP contribution < -0.4 is 16.0 Å². The van der Waals surface area contributed by atoms with Gasteiger partial charge in [0, 0.05) is 5.69 Å². The molecule has 0 atom stereocenters. The fraction of sp³-hybridized carbons (Fsp3) is 0.412. The Labute approximate surface area is 136 Å². The molecule has 0 aliphatic carbocycles. The van der Waals surface area contributed by atoms with Crippen LogP contribution in [0.15, 0.2) is 24.3 Å². The van der Waals surface area contributed by atoms with Gasteiger partial charge in [0.15, 0.2) is 0 Å². The first-order valence-electron chi connectivity index (χ1n) is 7.67. The second-order valence-electron chi connectivity index (χ2n) is 6.19. The molecule has 23 heavy (non-hydrogen) atoms. The summed E-state index contributed by atoms with van der Waals surface area (Å²) in [6.07, 6.45) is 1.07. The molecule has 6 heteroatoms. The predicted octanol–water partition coefficient (Wildman–Crippen LogP) is 2.59. The number of hydrogen-bond acceptors (Lipinski definition) is 4. The molecule has 0 aliphatic rings. The number of hydrazine groups is 1. The number of amides is 1. The molecule has 2 aromatic rings. The van der Waals surface area contributed by atoms with Gasteiger partial charge in [-0.3, -0.25) is 15.3 Å². The van der Waals surface area contributed by atoms with E-state index in [0.717, 1.165) is 12.2 Å². The van der Waals surface area contributed by atoms with Gasteiger partial charge in [-0.2, -0.15) is 5.10 Å². The topological polar surface area (TPSA) is 93.0 Å². The summed E-state index contributed by atoms with van der Waals surface area (Å²) < 4.78 is 5.74. The van der Waals surface area contributed by atoms with Crippen LogP contribution in [-0.4, -0.2) is 16.1 Å². The average molecular weight is 316 g/mol. The number of nitrogen functional groups attached to an aromatic ring is 1. The number of hydrogen-bond donors (Lipinski definition) is 3. The Morgan fingerprint density at radius 1 is 1.35 bits per heavy atom. The van der Waals surface area contributed by atoms with Crippen LogP contribution in [0.5, 0.6) is 5.75 Å². The fourth-order valence-corrected chi connectivity index (χ4v) is 2.32. The number of aromatic nitrogens is 2. The lowest BCUT2D eigenvalue weighted by molar-refractivity contribution is 0.0950. The second-order valence-corrected chi connectivity index (χ2v) is 6.19. The molecule has 0 aliphatic heterocycles. The number of benzene rings is 1. The summed E-state index contributed by atoms with van der Waals surface area (Å²) in [7, 11) is 0. The summed E-state index contributed by atoms with van der Waals surface area (Å²) in [5.74, 6) is 5.55. The summed E-state index contributed by atoms with van der Waals surface area (Å²) in [5, 5.41) is 6.88. The molecule has 0 spiro atoms. The van der Waals surface area contributed by atoms with Crippen LogP contribution in [-0.2, 0) is 12.0 Å². The molecular weight excluding hydrogens is 292 g/mol. The van der Waals surface area contributed by atoms with E-state index in [9.17, 15) is 4.79 Å². The Kier molecular flexibility index (Phi) is 5.05. The third-order valence-electron chi connectivity index (χ3n) is 4.28. The average Bonchev–Trinajstić information content (AvgIpc) is 2.93. The zero-order valence-corrected chi connectivity index (χ0v) is 14.1. The highest BCUT2D eigenvalue weighted by Gasteiger charge is 2.19. The van der Waals surface area contributed by atoms with E-state index in [0.29, 0.717) is 17.0 Å². The molecule has 2 rings (SSSR count). The number of aryl methyl sites for hydroxylation is 1. The smallest absolute Gasteiger partial charge is 0.269 e. The van der Waals surface area contributed by atoms with Crippen LogP contribution in [0.1, 0.15) is 54.5 Å². The van der Waals surface area contributed by atoms with Crippen LogP contribution in [0.25, 0.3) is 0 Å². The lowest BCUT2D eigenvalue weighted by Crippen LogP contribution is -2.31. The van der Waals surface area contributed by atoms with Crippen molar-refractivity contribution < 1.29 is 9.53 Å². The highest BCUT2D eigenvalue weighted by atomic mass is 16.5. The van der Waals surface area contributed by atoms with E-state index >= 15 is 0 Å². The number of H-pyrrole nitrogens is 1. The molecule has 0 unspecified atom stereocenters. The maximum atomic E-state index is 11.8. The molecule has 6 nitrogen and oxygen atoms in total.